The van der Waals surface area contributed by atoms with E-state index in [1.165, 1.54) is 6.07 Å². The van der Waals surface area contributed by atoms with Gasteiger partial charge in [-0.3, -0.25) is 9.69 Å². The van der Waals surface area contributed by atoms with Gasteiger partial charge in [0.15, 0.2) is 0 Å². The molecule has 2 aliphatic heterocycles. The molecule has 7 heteroatoms. The molecule has 0 aliphatic carbocycles. The molecule has 0 saturated carbocycles. The molecule has 3 heterocycles. The van der Waals surface area contributed by atoms with E-state index in [-0.39, 0.29) is 17.1 Å². The minimum atomic E-state index is -0.237. The van der Waals surface area contributed by atoms with E-state index in [0.29, 0.717) is 18.7 Å². The third kappa shape index (κ3) is 4.09. The highest BCUT2D eigenvalue weighted by atomic mass is 32.2. The van der Waals surface area contributed by atoms with Crippen LogP contribution in [0, 0.1) is 5.82 Å². The Balaban J connectivity index is 1.35. The number of halogens is 1. The topological polar surface area (TPSA) is 39.7 Å². The smallest absolute Gasteiger partial charge is 0.237 e. The lowest BCUT2D eigenvalue weighted by molar-refractivity contribution is -0.132. The summed E-state index contributed by atoms with van der Waals surface area (Å²) in [6.45, 7) is 4.44. The molecular formula is C20H23FN4OS. The van der Waals surface area contributed by atoms with Crippen molar-refractivity contribution < 1.29 is 9.18 Å². The normalized spacial score (nSPS) is 20.9. The third-order valence-electron chi connectivity index (χ3n) is 5.09. The van der Waals surface area contributed by atoms with Crippen molar-refractivity contribution in [1.29, 1.82) is 0 Å². The maximum absolute atomic E-state index is 14.2. The molecule has 2 aliphatic rings. The molecule has 1 aromatic heterocycles. The van der Waals surface area contributed by atoms with E-state index in [1.807, 2.05) is 29.2 Å². The summed E-state index contributed by atoms with van der Waals surface area (Å²) in [5.41, 5.74) is 0.605. The minimum absolute atomic E-state index is 0.0829. The average molecular weight is 386 g/mol. The van der Waals surface area contributed by atoms with Gasteiger partial charge in [0, 0.05) is 50.2 Å². The summed E-state index contributed by atoms with van der Waals surface area (Å²) in [6.07, 6.45) is 1.80. The Labute approximate surface area is 163 Å². The number of aromatic nitrogens is 1. The van der Waals surface area contributed by atoms with Crippen LogP contribution in [0.3, 0.4) is 0 Å². The van der Waals surface area contributed by atoms with Gasteiger partial charge in [-0.25, -0.2) is 9.37 Å². The summed E-state index contributed by atoms with van der Waals surface area (Å²) < 4.78 is 14.2. The fraction of sp³-hybridized carbons (Fsp3) is 0.400. The monoisotopic (exact) mass is 386 g/mol. The Hall–Kier alpha value is -2.12. The molecule has 0 bridgehead atoms. The van der Waals surface area contributed by atoms with Crippen molar-refractivity contribution in [2.45, 2.75) is 5.37 Å². The van der Waals surface area contributed by atoms with Gasteiger partial charge in [-0.05, 0) is 18.2 Å². The van der Waals surface area contributed by atoms with Crippen LogP contribution in [0.2, 0.25) is 0 Å². The molecule has 0 radical (unpaired) electrons. The number of carbonyl (C=O) groups is 1. The fourth-order valence-electron chi connectivity index (χ4n) is 3.62. The highest BCUT2D eigenvalue weighted by molar-refractivity contribution is 7.99. The fourth-order valence-corrected chi connectivity index (χ4v) is 4.92. The Kier molecular flexibility index (Phi) is 5.59. The maximum Gasteiger partial charge on any atom is 0.237 e. The largest absolute Gasteiger partial charge is 0.354 e. The highest BCUT2D eigenvalue weighted by Crippen LogP contribution is 2.38. The van der Waals surface area contributed by atoms with Crippen molar-refractivity contribution in [3.05, 3.63) is 60.0 Å². The summed E-state index contributed by atoms with van der Waals surface area (Å²) >= 11 is 1.64. The zero-order chi connectivity index (χ0) is 18.6. The Morgan fingerprint density at radius 1 is 1.07 bits per heavy atom. The first-order chi connectivity index (χ1) is 13.2. The van der Waals surface area contributed by atoms with Gasteiger partial charge in [0.25, 0.3) is 0 Å². The number of amides is 1. The van der Waals surface area contributed by atoms with E-state index in [2.05, 4.69) is 14.8 Å². The van der Waals surface area contributed by atoms with Crippen LogP contribution < -0.4 is 4.90 Å². The number of pyridine rings is 1. The van der Waals surface area contributed by atoms with E-state index in [9.17, 15) is 9.18 Å². The van der Waals surface area contributed by atoms with Crippen molar-refractivity contribution in [1.82, 2.24) is 14.8 Å². The third-order valence-corrected chi connectivity index (χ3v) is 6.33. The number of piperazine rings is 1. The lowest BCUT2D eigenvalue weighted by Gasteiger charge is -2.36. The number of hydrogen-bond acceptors (Lipinski definition) is 5. The van der Waals surface area contributed by atoms with E-state index in [0.717, 1.165) is 37.7 Å². The van der Waals surface area contributed by atoms with Gasteiger partial charge in [-0.1, -0.05) is 24.3 Å². The number of nitrogens with zero attached hydrogens (tertiary/aromatic N) is 4. The molecule has 5 nitrogen and oxygen atoms in total. The van der Waals surface area contributed by atoms with Crippen LogP contribution in [0.25, 0.3) is 0 Å². The first-order valence-electron chi connectivity index (χ1n) is 9.26. The maximum atomic E-state index is 14.2. The van der Waals surface area contributed by atoms with Crippen LogP contribution in [0.4, 0.5) is 10.2 Å². The zero-order valence-electron chi connectivity index (χ0n) is 15.1. The molecule has 0 spiro atoms. The summed E-state index contributed by atoms with van der Waals surface area (Å²) in [7, 11) is 0. The van der Waals surface area contributed by atoms with Crippen LogP contribution in [-0.4, -0.2) is 65.7 Å². The Morgan fingerprint density at radius 2 is 1.85 bits per heavy atom. The summed E-state index contributed by atoms with van der Waals surface area (Å²) in [6, 6.07) is 12.7. The van der Waals surface area contributed by atoms with Crippen molar-refractivity contribution >= 4 is 23.5 Å². The second-order valence-electron chi connectivity index (χ2n) is 6.78. The van der Waals surface area contributed by atoms with Crippen molar-refractivity contribution in [3.63, 3.8) is 0 Å². The number of anilines is 1. The Morgan fingerprint density at radius 3 is 2.59 bits per heavy atom. The van der Waals surface area contributed by atoms with Crippen molar-refractivity contribution in [3.8, 4) is 0 Å². The molecule has 1 amide bonds. The minimum Gasteiger partial charge on any atom is -0.354 e. The summed E-state index contributed by atoms with van der Waals surface area (Å²) in [5, 5.41) is -0.214. The number of rotatable bonds is 4. The molecule has 0 unspecified atom stereocenters. The van der Waals surface area contributed by atoms with Crippen LogP contribution in [0.5, 0.6) is 0 Å². The first kappa shape index (κ1) is 18.3. The van der Waals surface area contributed by atoms with Crippen molar-refractivity contribution in [2.75, 3.05) is 49.9 Å². The second kappa shape index (κ2) is 8.27. The van der Waals surface area contributed by atoms with Crippen LogP contribution >= 0.6 is 11.8 Å². The molecule has 1 aromatic carbocycles. The molecule has 2 aromatic rings. The zero-order valence-corrected chi connectivity index (χ0v) is 15.9. The predicted molar refractivity (Wildman–Crippen MR) is 106 cm³/mol. The first-order valence-corrected chi connectivity index (χ1v) is 10.3. The molecule has 2 saturated heterocycles. The SMILES string of the molecule is O=C(CN1CCN(c2ccccn2)CC1)N1CCS[C@H]1c1ccccc1F. The molecule has 2 fully saturated rings. The van der Waals surface area contributed by atoms with Gasteiger partial charge in [-0.2, -0.15) is 0 Å². The molecule has 142 valence electrons. The number of thioether (sulfide) groups is 1. The van der Waals surface area contributed by atoms with Gasteiger partial charge in [0.2, 0.25) is 5.91 Å². The van der Waals surface area contributed by atoms with Gasteiger partial charge in [-0.15, -0.1) is 11.8 Å². The summed E-state index contributed by atoms with van der Waals surface area (Å²) in [5.74, 6) is 1.68. The van der Waals surface area contributed by atoms with E-state index in [1.54, 1.807) is 30.1 Å². The van der Waals surface area contributed by atoms with Crippen molar-refractivity contribution in [2.24, 2.45) is 0 Å². The van der Waals surface area contributed by atoms with Crippen LogP contribution in [-0.2, 0) is 4.79 Å². The van der Waals surface area contributed by atoms with Gasteiger partial charge >= 0.3 is 0 Å². The highest BCUT2D eigenvalue weighted by Gasteiger charge is 2.33. The lowest BCUT2D eigenvalue weighted by atomic mass is 10.2. The van der Waals surface area contributed by atoms with Gasteiger partial charge in [0.05, 0.1) is 6.54 Å². The molecular weight excluding hydrogens is 363 g/mol. The second-order valence-corrected chi connectivity index (χ2v) is 7.97. The van der Waals surface area contributed by atoms with Gasteiger partial charge < -0.3 is 9.80 Å². The molecule has 0 N–H and O–H groups in total. The van der Waals surface area contributed by atoms with Crippen LogP contribution in [0.15, 0.2) is 48.7 Å². The number of hydrogen-bond donors (Lipinski definition) is 0. The Bertz CT molecular complexity index is 783. The molecule has 1 atom stereocenters. The standard InChI is InChI=1S/C20H23FN4OS/c21-17-6-2-1-5-16(17)20-25(13-14-27-20)19(26)15-23-9-11-24(12-10-23)18-7-3-4-8-22-18/h1-8,20H,9-15H2/t20-/m0/s1. The van der Waals surface area contributed by atoms with E-state index >= 15 is 0 Å². The van der Waals surface area contributed by atoms with E-state index < -0.39 is 0 Å². The number of benzene rings is 1. The average Bonchev–Trinajstić information content (AvgIpc) is 3.19. The lowest BCUT2D eigenvalue weighted by Crippen LogP contribution is -2.50. The molecule has 4 rings (SSSR count). The number of carbonyl (C=O) groups excluding carboxylic acids is 1. The summed E-state index contributed by atoms with van der Waals surface area (Å²) in [4.78, 5) is 23.5. The predicted octanol–water partition coefficient (Wildman–Crippen LogP) is 2.62. The van der Waals surface area contributed by atoms with Gasteiger partial charge in [0.1, 0.15) is 17.0 Å². The quantitative estimate of drug-likeness (QED) is 0.808. The van der Waals surface area contributed by atoms with E-state index in [4.69, 9.17) is 0 Å². The molecule has 27 heavy (non-hydrogen) atoms. The van der Waals surface area contributed by atoms with Crippen LogP contribution in [0.1, 0.15) is 10.9 Å².